The van der Waals surface area contributed by atoms with Gasteiger partial charge in [-0.3, -0.25) is 9.36 Å². The van der Waals surface area contributed by atoms with Crippen LogP contribution in [0.2, 0.25) is 18.1 Å². The summed E-state index contributed by atoms with van der Waals surface area (Å²) < 4.78 is 30.0. The van der Waals surface area contributed by atoms with Crippen molar-refractivity contribution in [2.45, 2.75) is 97.8 Å². The first-order chi connectivity index (χ1) is 15.9. The minimum Gasteiger partial charge on any atom is -0.544 e. The molecule has 34 heavy (non-hydrogen) atoms. The molecule has 0 fully saturated rings. The molecule has 0 saturated heterocycles. The molecule has 0 aliphatic heterocycles. The van der Waals surface area contributed by atoms with Gasteiger partial charge in [0.1, 0.15) is 5.75 Å². The second-order valence-electron chi connectivity index (χ2n) is 10.1. The van der Waals surface area contributed by atoms with Crippen LogP contribution >= 0.6 is 7.60 Å². The highest BCUT2D eigenvalue weighted by molar-refractivity contribution is 7.57. The molecule has 1 amide bonds. The molecule has 0 spiro atoms. The second kappa shape index (κ2) is 14.2. The van der Waals surface area contributed by atoms with Gasteiger partial charge in [-0.2, -0.15) is 0 Å². The van der Waals surface area contributed by atoms with Crippen LogP contribution in [-0.4, -0.2) is 33.5 Å². The van der Waals surface area contributed by atoms with Crippen molar-refractivity contribution in [1.29, 1.82) is 0 Å². The van der Waals surface area contributed by atoms with Crippen molar-refractivity contribution in [1.82, 2.24) is 5.32 Å². The van der Waals surface area contributed by atoms with Crippen LogP contribution in [0.15, 0.2) is 36.2 Å². The van der Waals surface area contributed by atoms with Gasteiger partial charge in [-0.15, -0.1) is 0 Å². The Balaban J connectivity index is 3.00. The molecule has 1 atom stereocenters. The highest BCUT2D eigenvalue weighted by Gasteiger charge is 2.38. The molecule has 0 heterocycles. The van der Waals surface area contributed by atoms with Gasteiger partial charge in [-0.05, 0) is 62.5 Å². The summed E-state index contributed by atoms with van der Waals surface area (Å²) in [5.74, 6) is 2.33. The van der Waals surface area contributed by atoms with Crippen LogP contribution in [0.25, 0.3) is 0 Å². The molecule has 0 aliphatic carbocycles. The van der Waals surface area contributed by atoms with Gasteiger partial charge in [0, 0.05) is 12.2 Å². The molecule has 1 N–H and O–H groups in total. The van der Waals surface area contributed by atoms with Crippen molar-refractivity contribution in [3.63, 3.8) is 0 Å². The molecule has 1 aromatic carbocycles. The minimum absolute atomic E-state index is 0.0105. The monoisotopic (exact) mass is 511 g/mol. The SMILES string of the molecule is CCCCCC(=O)N[C@@H](C=CP(=O)(OCC)OCC)Cc1ccc(O[Si](C)(C)C(C)(C)C)cc1. The summed E-state index contributed by atoms with van der Waals surface area (Å²) in [6.45, 7) is 17.3. The first kappa shape index (κ1) is 30.6. The standard InChI is InChI=1S/C26H46NO5PSi/c1-9-12-13-14-25(28)27-23(19-20-33(29,30-10-2)31-11-3)21-22-15-17-24(18-16-22)32-34(7,8)26(4,5)6/h15-20,23H,9-14,21H2,1-8H3,(H,27,28)/t23-/m0/s1. The molecular formula is C26H46NO5PSi. The molecule has 194 valence electrons. The molecule has 0 radical (unpaired) electrons. The summed E-state index contributed by atoms with van der Waals surface area (Å²) in [7, 11) is -5.25. The van der Waals surface area contributed by atoms with E-state index >= 15 is 0 Å². The number of hydrogen-bond donors (Lipinski definition) is 1. The Kier molecular flexibility index (Phi) is 12.8. The number of hydrogen-bond acceptors (Lipinski definition) is 5. The normalized spacial score (nSPS) is 13.8. The molecule has 0 aromatic heterocycles. The lowest BCUT2D eigenvalue weighted by Gasteiger charge is -2.36. The highest BCUT2D eigenvalue weighted by atomic mass is 31.2. The topological polar surface area (TPSA) is 73.9 Å². The third-order valence-electron chi connectivity index (χ3n) is 6.03. The van der Waals surface area contributed by atoms with Gasteiger partial charge in [-0.25, -0.2) is 0 Å². The average molecular weight is 512 g/mol. The van der Waals surface area contributed by atoms with Crippen LogP contribution in [0.3, 0.4) is 0 Å². The molecule has 1 aromatic rings. The zero-order valence-electron chi connectivity index (χ0n) is 22.5. The molecule has 6 nitrogen and oxygen atoms in total. The van der Waals surface area contributed by atoms with E-state index in [-0.39, 0.29) is 30.2 Å². The van der Waals surface area contributed by atoms with E-state index in [0.29, 0.717) is 12.8 Å². The molecule has 0 unspecified atom stereocenters. The van der Waals surface area contributed by atoms with Gasteiger partial charge >= 0.3 is 7.60 Å². The van der Waals surface area contributed by atoms with E-state index in [1.165, 1.54) is 5.82 Å². The van der Waals surface area contributed by atoms with Gasteiger partial charge in [0.05, 0.1) is 19.3 Å². The summed E-state index contributed by atoms with van der Waals surface area (Å²) in [5.41, 5.74) is 1.05. The van der Waals surface area contributed by atoms with E-state index in [1.54, 1.807) is 19.9 Å². The zero-order chi connectivity index (χ0) is 25.8. The Labute approximate surface area is 208 Å². The summed E-state index contributed by atoms with van der Waals surface area (Å²) in [4.78, 5) is 12.5. The zero-order valence-corrected chi connectivity index (χ0v) is 24.4. The number of carbonyl (C=O) groups is 1. The molecular weight excluding hydrogens is 465 g/mol. The first-order valence-electron chi connectivity index (χ1n) is 12.5. The van der Waals surface area contributed by atoms with Gasteiger partial charge in [-0.1, -0.05) is 58.7 Å². The number of unbranched alkanes of at least 4 members (excludes halogenated alkanes) is 2. The Bertz CT molecular complexity index is 807. The largest absolute Gasteiger partial charge is 0.544 e. The van der Waals surface area contributed by atoms with Crippen molar-refractivity contribution < 1.29 is 22.8 Å². The lowest BCUT2D eigenvalue weighted by Crippen LogP contribution is -2.43. The van der Waals surface area contributed by atoms with Crippen LogP contribution in [-0.2, 0) is 24.8 Å². The lowest BCUT2D eigenvalue weighted by molar-refractivity contribution is -0.121. The van der Waals surface area contributed by atoms with Crippen LogP contribution in [0.5, 0.6) is 5.75 Å². The van der Waals surface area contributed by atoms with Crippen molar-refractivity contribution >= 4 is 21.8 Å². The maximum absolute atomic E-state index is 12.9. The highest BCUT2D eigenvalue weighted by Crippen LogP contribution is 2.49. The number of rotatable bonds is 15. The summed E-state index contributed by atoms with van der Waals surface area (Å²) in [6.07, 6.45) is 5.72. The van der Waals surface area contributed by atoms with E-state index in [9.17, 15) is 9.36 Å². The van der Waals surface area contributed by atoms with Crippen molar-refractivity contribution in [3.05, 3.63) is 41.7 Å². The van der Waals surface area contributed by atoms with E-state index in [4.69, 9.17) is 13.5 Å². The fraction of sp³-hybridized carbons (Fsp3) is 0.654. The van der Waals surface area contributed by atoms with E-state index in [1.807, 2.05) is 24.3 Å². The maximum Gasteiger partial charge on any atom is 0.353 e. The van der Waals surface area contributed by atoms with Crippen LogP contribution in [0.4, 0.5) is 0 Å². The summed E-state index contributed by atoms with van der Waals surface area (Å²) >= 11 is 0. The van der Waals surface area contributed by atoms with Gasteiger partial charge in [0.15, 0.2) is 0 Å². The predicted octanol–water partition coefficient (Wildman–Crippen LogP) is 7.46. The van der Waals surface area contributed by atoms with Gasteiger partial charge < -0.3 is 18.8 Å². The average Bonchev–Trinajstić information content (AvgIpc) is 2.73. The molecule has 0 aliphatic rings. The molecule has 0 bridgehead atoms. The number of benzene rings is 1. The predicted molar refractivity (Wildman–Crippen MR) is 144 cm³/mol. The first-order valence-corrected chi connectivity index (χ1v) is 17.0. The molecule has 8 heteroatoms. The van der Waals surface area contributed by atoms with Crippen LogP contribution in [0, 0.1) is 0 Å². The number of amides is 1. The van der Waals surface area contributed by atoms with E-state index < -0.39 is 15.9 Å². The lowest BCUT2D eigenvalue weighted by atomic mass is 10.1. The van der Waals surface area contributed by atoms with Crippen molar-refractivity contribution in [3.8, 4) is 5.75 Å². The fourth-order valence-corrected chi connectivity index (χ4v) is 5.49. The fourth-order valence-electron chi connectivity index (χ4n) is 3.07. The third-order valence-corrected chi connectivity index (χ3v) is 12.2. The Hall–Kier alpha value is -1.40. The maximum atomic E-state index is 12.9. The summed E-state index contributed by atoms with van der Waals surface area (Å²) in [5, 5.41) is 3.20. The second-order valence-corrected chi connectivity index (χ2v) is 16.7. The third kappa shape index (κ3) is 10.9. The van der Waals surface area contributed by atoms with Crippen LogP contribution in [0.1, 0.15) is 72.8 Å². The van der Waals surface area contributed by atoms with Crippen molar-refractivity contribution in [2.75, 3.05) is 13.2 Å². The molecule has 0 saturated carbocycles. The Morgan fingerprint density at radius 3 is 2.15 bits per heavy atom. The van der Waals surface area contributed by atoms with E-state index in [0.717, 1.165) is 30.6 Å². The number of carbonyl (C=O) groups excluding carboxylic acids is 1. The van der Waals surface area contributed by atoms with Crippen molar-refractivity contribution in [2.24, 2.45) is 0 Å². The minimum atomic E-state index is -3.34. The van der Waals surface area contributed by atoms with E-state index in [2.05, 4.69) is 46.1 Å². The van der Waals surface area contributed by atoms with Gasteiger partial charge in [0.2, 0.25) is 14.2 Å². The number of nitrogens with one attached hydrogen (secondary N) is 1. The Morgan fingerprint density at radius 2 is 1.65 bits per heavy atom. The quantitative estimate of drug-likeness (QED) is 0.150. The molecule has 1 rings (SSSR count). The smallest absolute Gasteiger partial charge is 0.353 e. The Morgan fingerprint density at radius 1 is 1.06 bits per heavy atom. The van der Waals surface area contributed by atoms with Crippen LogP contribution < -0.4 is 9.74 Å². The van der Waals surface area contributed by atoms with Gasteiger partial charge in [0.25, 0.3) is 0 Å². The summed E-state index contributed by atoms with van der Waals surface area (Å²) in [6, 6.07) is 7.71.